The SMILES string of the molecule is CC1=C(C(=O)OC(C)(C)C)N2C(=O)/C(=C/C(C)=N\OCc3ccccc3)C2S(=O)(=O)C1. The molecule has 2 aliphatic rings. The van der Waals surface area contributed by atoms with Crippen LogP contribution in [0.25, 0.3) is 0 Å². The lowest BCUT2D eigenvalue weighted by Crippen LogP contribution is -2.62. The van der Waals surface area contributed by atoms with Crippen LogP contribution in [0.5, 0.6) is 0 Å². The van der Waals surface area contributed by atoms with Crippen molar-refractivity contribution in [1.29, 1.82) is 0 Å². The first-order valence-corrected chi connectivity index (χ1v) is 11.5. The minimum atomic E-state index is -3.70. The molecule has 0 spiro atoms. The molecule has 1 unspecified atom stereocenters. The number of hydrogen-bond acceptors (Lipinski definition) is 7. The minimum absolute atomic E-state index is 0.00757. The molecule has 2 aliphatic heterocycles. The van der Waals surface area contributed by atoms with Gasteiger partial charge in [-0.1, -0.05) is 35.5 Å². The summed E-state index contributed by atoms with van der Waals surface area (Å²) in [6.07, 6.45) is 1.39. The molecule has 0 N–H and O–H groups in total. The normalized spacial score (nSPS) is 22.2. The monoisotopic (exact) mass is 446 g/mol. The highest BCUT2D eigenvalue weighted by Gasteiger charge is 2.56. The number of benzene rings is 1. The summed E-state index contributed by atoms with van der Waals surface area (Å²) >= 11 is 0. The van der Waals surface area contributed by atoms with Crippen molar-refractivity contribution in [2.75, 3.05) is 5.75 Å². The number of carbonyl (C=O) groups excluding carboxylic acids is 2. The predicted molar refractivity (Wildman–Crippen MR) is 115 cm³/mol. The number of ether oxygens (including phenoxy) is 1. The Morgan fingerprint density at radius 2 is 1.90 bits per heavy atom. The number of fused-ring (bicyclic) bond motifs is 1. The number of nitrogens with zero attached hydrogens (tertiary/aromatic N) is 2. The van der Waals surface area contributed by atoms with Crippen molar-refractivity contribution in [3.63, 3.8) is 0 Å². The molecule has 0 bridgehead atoms. The largest absolute Gasteiger partial charge is 0.455 e. The molecular formula is C22H26N2O6S. The van der Waals surface area contributed by atoms with Gasteiger partial charge in [0.25, 0.3) is 5.91 Å². The molecule has 1 aromatic rings. The third kappa shape index (κ3) is 4.87. The molecule has 3 rings (SSSR count). The molecule has 1 fully saturated rings. The number of sulfone groups is 1. The van der Waals surface area contributed by atoms with E-state index in [2.05, 4.69) is 5.16 Å². The van der Waals surface area contributed by atoms with Gasteiger partial charge in [-0.05, 0) is 51.8 Å². The van der Waals surface area contributed by atoms with Gasteiger partial charge in [-0.2, -0.15) is 0 Å². The fourth-order valence-electron chi connectivity index (χ4n) is 3.42. The number of amides is 1. The zero-order valence-corrected chi connectivity index (χ0v) is 19.0. The van der Waals surface area contributed by atoms with E-state index in [1.54, 1.807) is 27.7 Å². The summed E-state index contributed by atoms with van der Waals surface area (Å²) in [5, 5.41) is 2.72. The Bertz CT molecular complexity index is 1090. The van der Waals surface area contributed by atoms with Crippen molar-refractivity contribution in [3.8, 4) is 0 Å². The van der Waals surface area contributed by atoms with Crippen LogP contribution in [0.4, 0.5) is 0 Å². The summed E-state index contributed by atoms with van der Waals surface area (Å²) in [7, 11) is -3.70. The molecule has 0 aromatic heterocycles. The Labute approximate surface area is 182 Å². The summed E-state index contributed by atoms with van der Waals surface area (Å²) in [5.41, 5.74) is 0.830. The number of rotatable bonds is 5. The number of β-lactam (4-membered cyclic amide) rings is 1. The van der Waals surface area contributed by atoms with Crippen molar-refractivity contribution >= 4 is 27.4 Å². The molecule has 8 nitrogen and oxygen atoms in total. The number of carbonyl (C=O) groups is 2. The predicted octanol–water partition coefficient (Wildman–Crippen LogP) is 2.72. The van der Waals surface area contributed by atoms with E-state index in [1.807, 2.05) is 30.3 Å². The smallest absolute Gasteiger partial charge is 0.355 e. The van der Waals surface area contributed by atoms with Crippen LogP contribution < -0.4 is 0 Å². The summed E-state index contributed by atoms with van der Waals surface area (Å²) in [6.45, 7) is 8.49. The lowest BCUT2D eigenvalue weighted by atomic mass is 10.0. The van der Waals surface area contributed by atoms with E-state index >= 15 is 0 Å². The van der Waals surface area contributed by atoms with Crippen LogP contribution in [0.1, 0.15) is 40.2 Å². The fourth-order valence-corrected chi connectivity index (χ4v) is 5.39. The fraction of sp³-hybridized carbons (Fsp3) is 0.409. The molecule has 0 saturated carbocycles. The highest BCUT2D eigenvalue weighted by molar-refractivity contribution is 7.92. The molecule has 0 aliphatic carbocycles. The Balaban J connectivity index is 1.82. The lowest BCUT2D eigenvalue weighted by Gasteiger charge is -2.45. The van der Waals surface area contributed by atoms with Gasteiger partial charge in [0, 0.05) is 0 Å². The Morgan fingerprint density at radius 1 is 1.26 bits per heavy atom. The van der Waals surface area contributed by atoms with E-state index in [1.165, 1.54) is 13.0 Å². The Kier molecular flexibility index (Phi) is 6.09. The second-order valence-electron chi connectivity index (χ2n) is 8.56. The molecule has 1 atom stereocenters. The Hall–Kier alpha value is -2.94. The Morgan fingerprint density at radius 3 is 2.52 bits per heavy atom. The molecule has 1 saturated heterocycles. The number of esters is 1. The molecule has 31 heavy (non-hydrogen) atoms. The first kappa shape index (κ1) is 22.7. The molecule has 1 amide bonds. The minimum Gasteiger partial charge on any atom is -0.455 e. The summed E-state index contributed by atoms with van der Waals surface area (Å²) in [4.78, 5) is 31.7. The molecule has 9 heteroatoms. The molecule has 166 valence electrons. The maximum Gasteiger partial charge on any atom is 0.355 e. The molecule has 2 heterocycles. The van der Waals surface area contributed by atoms with Gasteiger partial charge in [0.1, 0.15) is 17.9 Å². The maximum absolute atomic E-state index is 12.8. The third-order valence-electron chi connectivity index (χ3n) is 4.61. The van der Waals surface area contributed by atoms with Crippen LogP contribution in [-0.4, -0.2) is 47.6 Å². The van der Waals surface area contributed by atoms with Crippen molar-refractivity contribution in [2.45, 2.75) is 52.2 Å². The van der Waals surface area contributed by atoms with Crippen molar-refractivity contribution in [2.24, 2.45) is 5.16 Å². The van der Waals surface area contributed by atoms with Gasteiger partial charge in [-0.25, -0.2) is 13.2 Å². The van der Waals surface area contributed by atoms with E-state index in [9.17, 15) is 18.0 Å². The maximum atomic E-state index is 12.8. The van der Waals surface area contributed by atoms with Gasteiger partial charge in [-0.15, -0.1) is 0 Å². The van der Waals surface area contributed by atoms with Crippen LogP contribution >= 0.6 is 0 Å². The van der Waals surface area contributed by atoms with Crippen LogP contribution in [0, 0.1) is 0 Å². The standard InChI is InChI=1S/C22H26N2O6S/c1-14-13-31(27,28)20-17(11-15(2)23-29-12-16-9-7-6-8-10-16)19(25)24(20)18(14)21(26)30-22(3,4)5/h6-11,20H,12-13H2,1-5H3/b17-11-,23-15-. The summed E-state index contributed by atoms with van der Waals surface area (Å²) in [5.74, 6) is -1.60. The van der Waals surface area contributed by atoms with Gasteiger partial charge in [-0.3, -0.25) is 9.69 Å². The van der Waals surface area contributed by atoms with Crippen molar-refractivity contribution in [1.82, 2.24) is 4.90 Å². The van der Waals surface area contributed by atoms with E-state index < -0.39 is 32.7 Å². The van der Waals surface area contributed by atoms with Gasteiger partial charge in [0.05, 0.1) is 17.0 Å². The van der Waals surface area contributed by atoms with Crippen LogP contribution in [0.3, 0.4) is 0 Å². The van der Waals surface area contributed by atoms with E-state index in [4.69, 9.17) is 9.57 Å². The van der Waals surface area contributed by atoms with Gasteiger partial charge in [0.2, 0.25) is 0 Å². The first-order valence-electron chi connectivity index (χ1n) is 9.81. The van der Waals surface area contributed by atoms with Crippen molar-refractivity contribution in [3.05, 3.63) is 58.8 Å². The quantitative estimate of drug-likeness (QED) is 0.227. The zero-order valence-electron chi connectivity index (χ0n) is 18.2. The zero-order chi connectivity index (χ0) is 23.0. The summed E-state index contributed by atoms with van der Waals surface area (Å²) in [6, 6.07) is 9.42. The molecular weight excluding hydrogens is 420 g/mol. The van der Waals surface area contributed by atoms with E-state index in [0.717, 1.165) is 10.5 Å². The van der Waals surface area contributed by atoms with Crippen LogP contribution in [0.15, 0.2) is 58.4 Å². The lowest BCUT2D eigenvalue weighted by molar-refractivity contribution is -0.155. The highest BCUT2D eigenvalue weighted by atomic mass is 32.2. The average molecular weight is 447 g/mol. The number of allylic oxidation sites excluding steroid dienone is 1. The summed E-state index contributed by atoms with van der Waals surface area (Å²) < 4.78 is 30.9. The first-order chi connectivity index (χ1) is 14.4. The second-order valence-corrected chi connectivity index (χ2v) is 10.6. The molecule has 0 radical (unpaired) electrons. The van der Waals surface area contributed by atoms with E-state index in [-0.39, 0.29) is 29.2 Å². The van der Waals surface area contributed by atoms with Gasteiger partial charge >= 0.3 is 5.97 Å². The van der Waals surface area contributed by atoms with Crippen molar-refractivity contribution < 1.29 is 27.6 Å². The molecule has 1 aromatic carbocycles. The van der Waals surface area contributed by atoms with Gasteiger partial charge < -0.3 is 9.57 Å². The number of oxime groups is 1. The third-order valence-corrected chi connectivity index (χ3v) is 6.59. The van der Waals surface area contributed by atoms with E-state index in [0.29, 0.717) is 5.71 Å². The van der Waals surface area contributed by atoms with Gasteiger partial charge in [0.15, 0.2) is 15.2 Å². The highest BCUT2D eigenvalue weighted by Crippen LogP contribution is 2.40. The number of hydrogen-bond donors (Lipinski definition) is 0. The average Bonchev–Trinajstić information content (AvgIpc) is 2.64. The van der Waals surface area contributed by atoms with Crippen LogP contribution in [0.2, 0.25) is 0 Å². The topological polar surface area (TPSA) is 102 Å². The second kappa shape index (κ2) is 8.30. The van der Waals surface area contributed by atoms with Crippen LogP contribution in [-0.2, 0) is 35.6 Å².